The van der Waals surface area contributed by atoms with E-state index < -0.39 is 28.2 Å². The second-order valence-electron chi connectivity index (χ2n) is 4.82. The molecule has 21 heavy (non-hydrogen) atoms. The third-order valence-corrected chi connectivity index (χ3v) is 4.48. The molecule has 0 fully saturated rings. The van der Waals surface area contributed by atoms with Crippen molar-refractivity contribution in [1.82, 2.24) is 5.32 Å². The molecule has 1 aromatic rings. The van der Waals surface area contributed by atoms with Crippen molar-refractivity contribution in [3.63, 3.8) is 0 Å². The van der Waals surface area contributed by atoms with E-state index in [1.165, 1.54) is 18.4 Å². The Morgan fingerprint density at radius 3 is 2.43 bits per heavy atom. The Morgan fingerprint density at radius 1 is 1.38 bits per heavy atom. The van der Waals surface area contributed by atoms with Gasteiger partial charge in [0.25, 0.3) is 0 Å². The largest absolute Gasteiger partial charge is 0.394 e. The van der Waals surface area contributed by atoms with E-state index in [1.807, 2.05) is 13.8 Å². The van der Waals surface area contributed by atoms with E-state index in [4.69, 9.17) is 0 Å². The Hall–Kier alpha value is -1.47. The van der Waals surface area contributed by atoms with E-state index >= 15 is 0 Å². The van der Waals surface area contributed by atoms with Crippen LogP contribution >= 0.6 is 0 Å². The minimum absolute atomic E-state index is 0.0905. The van der Waals surface area contributed by atoms with Gasteiger partial charge in [-0.3, -0.25) is 4.21 Å². The van der Waals surface area contributed by atoms with Crippen molar-refractivity contribution < 1.29 is 18.5 Å². The average molecular weight is 316 g/mol. The van der Waals surface area contributed by atoms with E-state index in [0.29, 0.717) is 12.8 Å². The van der Waals surface area contributed by atoms with Crippen LogP contribution in [-0.4, -0.2) is 33.7 Å². The predicted molar refractivity (Wildman–Crippen MR) is 81.3 cm³/mol. The van der Waals surface area contributed by atoms with Crippen molar-refractivity contribution in [3.8, 4) is 0 Å². The highest BCUT2D eigenvalue weighted by atomic mass is 32.2. The van der Waals surface area contributed by atoms with Crippen molar-refractivity contribution in [2.45, 2.75) is 37.1 Å². The highest BCUT2D eigenvalue weighted by Crippen LogP contribution is 2.18. The number of carbonyl (C=O) groups excluding carboxylic acids is 1. The first kappa shape index (κ1) is 17.6. The van der Waals surface area contributed by atoms with Gasteiger partial charge in [0.1, 0.15) is 5.82 Å². The van der Waals surface area contributed by atoms with Crippen molar-refractivity contribution in [2.24, 2.45) is 0 Å². The number of rotatable bonds is 6. The lowest BCUT2D eigenvalue weighted by molar-refractivity contribution is 0.155. The first-order chi connectivity index (χ1) is 9.87. The van der Waals surface area contributed by atoms with Gasteiger partial charge >= 0.3 is 6.03 Å². The first-order valence-corrected chi connectivity index (χ1v) is 8.26. The summed E-state index contributed by atoms with van der Waals surface area (Å²) in [5.41, 5.74) is -0.425. The summed E-state index contributed by atoms with van der Waals surface area (Å²) < 4.78 is 24.9. The molecule has 0 heterocycles. The van der Waals surface area contributed by atoms with Crippen LogP contribution in [0, 0.1) is 5.82 Å². The minimum Gasteiger partial charge on any atom is -0.394 e. The van der Waals surface area contributed by atoms with Gasteiger partial charge in [-0.15, -0.1) is 0 Å². The van der Waals surface area contributed by atoms with Crippen LogP contribution in [0.15, 0.2) is 23.1 Å². The zero-order chi connectivity index (χ0) is 16.0. The second kappa shape index (κ2) is 7.51. The number of aliphatic hydroxyl groups is 1. The molecule has 118 valence electrons. The number of aliphatic hydroxyl groups excluding tert-OH is 1. The Morgan fingerprint density at radius 2 is 2.00 bits per heavy atom. The van der Waals surface area contributed by atoms with E-state index in [-0.39, 0.29) is 17.2 Å². The predicted octanol–water partition coefficient (Wildman–Crippen LogP) is 2.24. The Labute approximate surface area is 126 Å². The second-order valence-corrected chi connectivity index (χ2v) is 6.17. The van der Waals surface area contributed by atoms with Crippen LogP contribution in [0.5, 0.6) is 0 Å². The normalized spacial score (nSPS) is 12.8. The number of halogens is 1. The molecule has 1 atom stereocenters. The number of hydrogen-bond donors (Lipinski definition) is 3. The number of hydrogen-bond acceptors (Lipinski definition) is 3. The summed E-state index contributed by atoms with van der Waals surface area (Å²) >= 11 is 0. The monoisotopic (exact) mass is 316 g/mol. The molecule has 1 unspecified atom stereocenters. The Bertz CT molecular complexity index is 525. The highest BCUT2D eigenvalue weighted by molar-refractivity contribution is 7.84. The zero-order valence-electron chi connectivity index (χ0n) is 12.4. The summed E-state index contributed by atoms with van der Waals surface area (Å²) in [5.74, 6) is -0.631. The Kier molecular flexibility index (Phi) is 6.29. The van der Waals surface area contributed by atoms with E-state index in [9.17, 15) is 18.5 Å². The smallest absolute Gasteiger partial charge is 0.319 e. The number of nitrogens with one attached hydrogen (secondary N) is 2. The van der Waals surface area contributed by atoms with E-state index in [0.717, 1.165) is 6.07 Å². The number of carbonyl (C=O) groups is 1. The zero-order valence-corrected chi connectivity index (χ0v) is 13.2. The topological polar surface area (TPSA) is 78.4 Å². The molecule has 5 nitrogen and oxygen atoms in total. The van der Waals surface area contributed by atoms with Crippen molar-refractivity contribution in [1.29, 1.82) is 0 Å². The maximum absolute atomic E-state index is 13.7. The van der Waals surface area contributed by atoms with Crippen LogP contribution < -0.4 is 10.6 Å². The molecule has 0 bridgehead atoms. The maximum Gasteiger partial charge on any atom is 0.319 e. The molecule has 0 aliphatic rings. The third-order valence-electron chi connectivity index (χ3n) is 3.53. The number of urea groups is 1. The van der Waals surface area contributed by atoms with Gasteiger partial charge in [0.2, 0.25) is 0 Å². The van der Waals surface area contributed by atoms with Crippen LogP contribution in [0.4, 0.5) is 14.9 Å². The first-order valence-electron chi connectivity index (χ1n) is 6.70. The van der Waals surface area contributed by atoms with Crippen molar-refractivity contribution >= 4 is 22.5 Å². The van der Waals surface area contributed by atoms with Gasteiger partial charge in [-0.1, -0.05) is 13.8 Å². The van der Waals surface area contributed by atoms with Crippen LogP contribution in [0.3, 0.4) is 0 Å². The molecule has 0 spiro atoms. The van der Waals surface area contributed by atoms with Crippen LogP contribution in [0.25, 0.3) is 0 Å². The van der Waals surface area contributed by atoms with Gasteiger partial charge < -0.3 is 15.7 Å². The molecule has 0 saturated carbocycles. The van der Waals surface area contributed by atoms with Crippen LogP contribution in [0.2, 0.25) is 0 Å². The maximum atomic E-state index is 13.7. The highest BCUT2D eigenvalue weighted by Gasteiger charge is 2.27. The summed E-state index contributed by atoms with van der Waals surface area (Å²) in [5, 5.41) is 14.6. The molecule has 2 amide bonds. The molecular weight excluding hydrogens is 295 g/mol. The summed E-state index contributed by atoms with van der Waals surface area (Å²) in [6.07, 6.45) is 2.54. The molecule has 3 N–H and O–H groups in total. The molecule has 0 aliphatic heterocycles. The lowest BCUT2D eigenvalue weighted by Crippen LogP contribution is -2.52. The molecule has 0 aromatic heterocycles. The van der Waals surface area contributed by atoms with Gasteiger partial charge in [-0.2, -0.15) is 0 Å². The van der Waals surface area contributed by atoms with Crippen molar-refractivity contribution in [3.05, 3.63) is 24.0 Å². The van der Waals surface area contributed by atoms with Gasteiger partial charge in [0, 0.05) is 11.9 Å². The quantitative estimate of drug-likeness (QED) is 0.753. The number of benzene rings is 1. The summed E-state index contributed by atoms with van der Waals surface area (Å²) in [7, 11) is -1.42. The van der Waals surface area contributed by atoms with Gasteiger partial charge in [0.15, 0.2) is 0 Å². The third kappa shape index (κ3) is 4.50. The molecule has 0 radical (unpaired) electrons. The average Bonchev–Trinajstić information content (AvgIpc) is 2.44. The summed E-state index contributed by atoms with van der Waals surface area (Å²) in [6.45, 7) is 3.56. The standard InChI is InChI=1S/C14H21FN2O3S/c1-4-14(5-2,9-18)17-13(19)16-10-6-7-12(21(3)20)11(15)8-10/h6-8,18H,4-5,9H2,1-3H3,(H2,16,17,19). The number of amides is 2. The lowest BCUT2D eigenvalue weighted by atomic mass is 9.94. The molecule has 7 heteroatoms. The summed E-state index contributed by atoms with van der Waals surface area (Å²) in [4.78, 5) is 12.0. The Balaban J connectivity index is 2.80. The molecule has 1 aromatic carbocycles. The number of anilines is 1. The molecule has 0 aliphatic carbocycles. The SMILES string of the molecule is CCC(CC)(CO)NC(=O)Nc1ccc(S(C)=O)c(F)c1. The fourth-order valence-electron chi connectivity index (χ4n) is 1.90. The van der Waals surface area contributed by atoms with Gasteiger partial charge in [-0.25, -0.2) is 9.18 Å². The van der Waals surface area contributed by atoms with Gasteiger partial charge in [0.05, 0.1) is 27.8 Å². The van der Waals surface area contributed by atoms with E-state index in [2.05, 4.69) is 10.6 Å². The van der Waals surface area contributed by atoms with E-state index in [1.54, 1.807) is 0 Å². The molecule has 0 saturated heterocycles. The van der Waals surface area contributed by atoms with Crippen LogP contribution in [0.1, 0.15) is 26.7 Å². The van der Waals surface area contributed by atoms with Gasteiger partial charge in [-0.05, 0) is 31.0 Å². The van der Waals surface area contributed by atoms with Crippen LogP contribution in [-0.2, 0) is 10.8 Å². The fourth-order valence-corrected chi connectivity index (χ4v) is 2.50. The molecule has 1 rings (SSSR count). The van der Waals surface area contributed by atoms with Crippen molar-refractivity contribution in [2.75, 3.05) is 18.2 Å². The summed E-state index contributed by atoms with van der Waals surface area (Å²) in [6, 6.07) is 3.46. The minimum atomic E-state index is -1.42. The fraction of sp³-hybridized carbons (Fsp3) is 0.500. The molecular formula is C14H21FN2O3S. The lowest BCUT2D eigenvalue weighted by Gasteiger charge is -2.30.